The zero-order valence-electron chi connectivity index (χ0n) is 22.9. The highest BCUT2D eigenvalue weighted by molar-refractivity contribution is 5.91. The summed E-state index contributed by atoms with van der Waals surface area (Å²) in [6, 6.07) is 6.89. The predicted molar refractivity (Wildman–Crippen MR) is 140 cm³/mol. The van der Waals surface area contributed by atoms with E-state index in [1.54, 1.807) is 39.6 Å². The van der Waals surface area contributed by atoms with E-state index in [9.17, 15) is 14.4 Å². The van der Waals surface area contributed by atoms with Gasteiger partial charge in [0.15, 0.2) is 0 Å². The fraction of sp³-hybridized carbons (Fsp3) is 0.607. The second-order valence-electron chi connectivity index (χ2n) is 10.8. The molecule has 2 rings (SSSR count). The van der Waals surface area contributed by atoms with Gasteiger partial charge in [0.1, 0.15) is 17.7 Å². The van der Waals surface area contributed by atoms with Crippen LogP contribution in [0.3, 0.4) is 0 Å². The number of hydrogen-bond donors (Lipinski definition) is 1. The maximum atomic E-state index is 13.4. The van der Waals surface area contributed by atoms with Crippen LogP contribution in [-0.2, 0) is 20.9 Å². The molecule has 0 aromatic heterocycles. The molecular formula is C28H43N3O4. The van der Waals surface area contributed by atoms with Crippen molar-refractivity contribution in [2.75, 3.05) is 13.6 Å². The fourth-order valence-corrected chi connectivity index (χ4v) is 4.08. The molecule has 1 aromatic rings. The monoisotopic (exact) mass is 485 g/mol. The Morgan fingerprint density at radius 2 is 1.74 bits per heavy atom. The summed E-state index contributed by atoms with van der Waals surface area (Å²) in [6.45, 7) is 16.3. The molecule has 35 heavy (non-hydrogen) atoms. The molecule has 1 heterocycles. The van der Waals surface area contributed by atoms with E-state index in [0.29, 0.717) is 19.5 Å². The highest BCUT2D eigenvalue weighted by Gasteiger charge is 2.41. The molecule has 0 aliphatic carbocycles. The lowest BCUT2D eigenvalue weighted by Gasteiger charge is -2.32. The number of benzene rings is 1. The molecule has 194 valence electrons. The largest absolute Gasteiger partial charge is 0.444 e. The van der Waals surface area contributed by atoms with Gasteiger partial charge in [0.25, 0.3) is 0 Å². The van der Waals surface area contributed by atoms with E-state index < -0.39 is 23.8 Å². The molecule has 3 atom stereocenters. The second-order valence-corrected chi connectivity index (χ2v) is 10.8. The summed E-state index contributed by atoms with van der Waals surface area (Å²) in [6.07, 6.45) is 0.947. The molecule has 1 fully saturated rings. The third-order valence-corrected chi connectivity index (χ3v) is 6.77. The molecule has 3 amide bonds. The van der Waals surface area contributed by atoms with Crippen molar-refractivity contribution in [2.45, 2.75) is 92.5 Å². The molecule has 1 saturated heterocycles. The standard InChI is InChI=1S/C28H43N3O4/c1-10-21-15-24(25(32)29-16-22-11-13-23(14-12-22)19(4)18(2)3)31(17-21)26(33)20(5)30(9)27(34)35-28(6,7)8/h11-14,20-21,24H,10,15-17H2,1-9H3,(H,29,32). The van der Waals surface area contributed by atoms with Crippen LogP contribution in [0.15, 0.2) is 29.8 Å². The summed E-state index contributed by atoms with van der Waals surface area (Å²) in [5.41, 5.74) is 4.04. The van der Waals surface area contributed by atoms with Crippen molar-refractivity contribution in [3.05, 3.63) is 41.0 Å². The first-order valence-corrected chi connectivity index (χ1v) is 12.5. The van der Waals surface area contributed by atoms with E-state index in [1.165, 1.54) is 21.6 Å². The van der Waals surface area contributed by atoms with Crippen molar-refractivity contribution in [3.8, 4) is 0 Å². The van der Waals surface area contributed by atoms with E-state index in [1.807, 2.05) is 12.1 Å². The average molecular weight is 486 g/mol. The number of ether oxygens (including phenoxy) is 1. The van der Waals surface area contributed by atoms with E-state index >= 15 is 0 Å². The minimum absolute atomic E-state index is 0.161. The summed E-state index contributed by atoms with van der Waals surface area (Å²) in [4.78, 5) is 41.9. The van der Waals surface area contributed by atoms with Gasteiger partial charge in [-0.3, -0.25) is 14.5 Å². The minimum atomic E-state index is -0.735. The molecule has 7 heteroatoms. The van der Waals surface area contributed by atoms with Gasteiger partial charge >= 0.3 is 6.09 Å². The molecule has 0 bridgehead atoms. The number of hydrogen-bond acceptors (Lipinski definition) is 4. The zero-order valence-corrected chi connectivity index (χ0v) is 22.9. The van der Waals surface area contributed by atoms with E-state index in [2.05, 4.69) is 45.1 Å². The maximum absolute atomic E-state index is 13.4. The SMILES string of the molecule is CCC1CC(C(=O)NCc2ccc(C(C)=C(C)C)cc2)N(C(=O)C(C)N(C)C(=O)OC(C)(C)C)C1. The maximum Gasteiger partial charge on any atom is 0.410 e. The number of nitrogens with one attached hydrogen (secondary N) is 1. The van der Waals surface area contributed by atoms with Crippen LogP contribution in [0.1, 0.15) is 79.4 Å². The molecule has 1 aliphatic heterocycles. The Balaban J connectivity index is 2.07. The number of allylic oxidation sites excluding steroid dienone is 2. The van der Waals surface area contributed by atoms with Gasteiger partial charge in [0.05, 0.1) is 0 Å². The molecule has 0 spiro atoms. The van der Waals surface area contributed by atoms with Crippen LogP contribution in [0.5, 0.6) is 0 Å². The smallest absolute Gasteiger partial charge is 0.410 e. The van der Waals surface area contributed by atoms with Gasteiger partial charge in [-0.25, -0.2) is 4.79 Å². The molecular weight excluding hydrogens is 442 g/mol. The van der Waals surface area contributed by atoms with Crippen LogP contribution in [0.25, 0.3) is 5.57 Å². The Morgan fingerprint density at radius 1 is 1.14 bits per heavy atom. The van der Waals surface area contributed by atoms with Crippen molar-refractivity contribution in [1.82, 2.24) is 15.1 Å². The fourth-order valence-electron chi connectivity index (χ4n) is 4.08. The summed E-state index contributed by atoms with van der Waals surface area (Å²) in [7, 11) is 1.56. The lowest BCUT2D eigenvalue weighted by Crippen LogP contribution is -2.53. The molecule has 0 radical (unpaired) electrons. The number of carbonyl (C=O) groups excluding carboxylic acids is 3. The van der Waals surface area contributed by atoms with Crippen LogP contribution < -0.4 is 5.32 Å². The average Bonchev–Trinajstić information content (AvgIpc) is 3.24. The zero-order chi connectivity index (χ0) is 26.5. The Kier molecular flexibility index (Phi) is 9.52. The Bertz CT molecular complexity index is 942. The highest BCUT2D eigenvalue weighted by Crippen LogP contribution is 2.27. The summed E-state index contributed by atoms with van der Waals surface area (Å²) in [5, 5.41) is 3.01. The lowest BCUT2D eigenvalue weighted by atomic mass is 10.0. The van der Waals surface area contributed by atoms with Crippen LogP contribution in [0, 0.1) is 5.92 Å². The Morgan fingerprint density at radius 3 is 2.26 bits per heavy atom. The van der Waals surface area contributed by atoms with Gasteiger partial charge < -0.3 is 15.0 Å². The molecule has 0 saturated carbocycles. The molecule has 1 aliphatic rings. The van der Waals surface area contributed by atoms with Crippen molar-refractivity contribution in [3.63, 3.8) is 0 Å². The third kappa shape index (κ3) is 7.58. The first kappa shape index (κ1) is 28.4. The minimum Gasteiger partial charge on any atom is -0.444 e. The first-order chi connectivity index (χ1) is 16.2. The van der Waals surface area contributed by atoms with Gasteiger partial charge in [0, 0.05) is 20.1 Å². The molecule has 1 N–H and O–H groups in total. The molecule has 1 aromatic carbocycles. The van der Waals surface area contributed by atoms with Gasteiger partial charge in [-0.05, 0) is 77.5 Å². The van der Waals surface area contributed by atoms with E-state index in [4.69, 9.17) is 4.74 Å². The summed E-state index contributed by atoms with van der Waals surface area (Å²) < 4.78 is 5.41. The quantitative estimate of drug-likeness (QED) is 0.590. The number of amides is 3. The van der Waals surface area contributed by atoms with Gasteiger partial charge in [-0.2, -0.15) is 0 Å². The van der Waals surface area contributed by atoms with Crippen molar-refractivity contribution in [1.29, 1.82) is 0 Å². The van der Waals surface area contributed by atoms with Crippen LogP contribution in [0.2, 0.25) is 0 Å². The highest BCUT2D eigenvalue weighted by atomic mass is 16.6. The van der Waals surface area contributed by atoms with Gasteiger partial charge in [-0.15, -0.1) is 0 Å². The van der Waals surface area contributed by atoms with Crippen LogP contribution in [-0.4, -0.2) is 59.0 Å². The molecule has 7 nitrogen and oxygen atoms in total. The first-order valence-electron chi connectivity index (χ1n) is 12.5. The van der Waals surface area contributed by atoms with E-state index in [-0.39, 0.29) is 17.7 Å². The number of likely N-dealkylation sites (N-methyl/N-ethyl adjacent to an activating group) is 1. The van der Waals surface area contributed by atoms with E-state index in [0.717, 1.165) is 12.0 Å². The van der Waals surface area contributed by atoms with Gasteiger partial charge in [-0.1, -0.05) is 43.2 Å². The number of likely N-dealkylation sites (tertiary alicyclic amines) is 1. The Hall–Kier alpha value is -2.83. The van der Waals surface area contributed by atoms with Crippen LogP contribution >= 0.6 is 0 Å². The Labute approximate surface area is 210 Å². The van der Waals surface area contributed by atoms with Crippen molar-refractivity contribution >= 4 is 23.5 Å². The van der Waals surface area contributed by atoms with Crippen molar-refractivity contribution in [2.24, 2.45) is 5.92 Å². The third-order valence-electron chi connectivity index (χ3n) is 6.77. The lowest BCUT2D eigenvalue weighted by molar-refractivity contribution is -0.141. The number of rotatable bonds is 7. The van der Waals surface area contributed by atoms with Crippen LogP contribution in [0.4, 0.5) is 4.79 Å². The summed E-state index contributed by atoms with van der Waals surface area (Å²) >= 11 is 0. The predicted octanol–water partition coefficient (Wildman–Crippen LogP) is 5.00. The summed E-state index contributed by atoms with van der Waals surface area (Å²) in [5.74, 6) is -0.151. The van der Waals surface area contributed by atoms with Crippen molar-refractivity contribution < 1.29 is 19.1 Å². The number of carbonyl (C=O) groups is 3. The number of nitrogens with zero attached hydrogens (tertiary/aromatic N) is 2. The normalized spacial score (nSPS) is 18.6. The second kappa shape index (κ2) is 11.7. The molecule has 3 unspecified atom stereocenters. The van der Waals surface area contributed by atoms with Gasteiger partial charge in [0.2, 0.25) is 11.8 Å². The topological polar surface area (TPSA) is 79.0 Å².